The smallest absolute Gasteiger partial charge is 0.410 e. The molecule has 0 saturated carbocycles. The molecule has 0 atom stereocenters. The van der Waals surface area contributed by atoms with E-state index in [2.05, 4.69) is 17.3 Å². The van der Waals surface area contributed by atoms with Gasteiger partial charge < -0.3 is 19.9 Å². The third kappa shape index (κ3) is 6.60. The molecule has 140 valence electrons. The molecule has 5 heteroatoms. The van der Waals surface area contributed by atoms with E-state index in [0.29, 0.717) is 0 Å². The summed E-state index contributed by atoms with van der Waals surface area (Å²) in [7, 11) is 2.28. The van der Waals surface area contributed by atoms with Gasteiger partial charge in [-0.05, 0) is 91.9 Å². The molecule has 2 rings (SSSR count). The third-order valence-electron chi connectivity index (χ3n) is 5.32. The van der Waals surface area contributed by atoms with Crippen molar-refractivity contribution in [1.82, 2.24) is 15.1 Å². The first-order valence-corrected chi connectivity index (χ1v) is 9.74. The summed E-state index contributed by atoms with van der Waals surface area (Å²) in [6, 6.07) is 0.764. The maximum absolute atomic E-state index is 12.1. The van der Waals surface area contributed by atoms with Gasteiger partial charge in [0.2, 0.25) is 0 Å². The van der Waals surface area contributed by atoms with E-state index >= 15 is 0 Å². The van der Waals surface area contributed by atoms with Crippen molar-refractivity contribution in [3.8, 4) is 0 Å². The maximum atomic E-state index is 12.1. The van der Waals surface area contributed by atoms with Crippen molar-refractivity contribution in [1.29, 1.82) is 0 Å². The number of amides is 1. The zero-order valence-electron chi connectivity index (χ0n) is 16.1. The first kappa shape index (κ1) is 19.5. The SMILES string of the molecule is CN(CCCC1CCN(C(=O)OC(C)(C)C)CC1)C1CCNCC1. The molecule has 2 aliphatic heterocycles. The van der Waals surface area contributed by atoms with Crippen molar-refractivity contribution in [2.75, 3.05) is 39.8 Å². The summed E-state index contributed by atoms with van der Waals surface area (Å²) in [4.78, 5) is 16.5. The molecule has 2 aliphatic rings. The molecule has 2 fully saturated rings. The number of nitrogens with one attached hydrogen (secondary N) is 1. The highest BCUT2D eigenvalue weighted by molar-refractivity contribution is 5.68. The van der Waals surface area contributed by atoms with Gasteiger partial charge in [0.25, 0.3) is 0 Å². The Morgan fingerprint density at radius 2 is 1.79 bits per heavy atom. The summed E-state index contributed by atoms with van der Waals surface area (Å²) in [5.74, 6) is 0.769. The topological polar surface area (TPSA) is 44.8 Å². The van der Waals surface area contributed by atoms with Gasteiger partial charge in [0, 0.05) is 19.1 Å². The first-order valence-electron chi connectivity index (χ1n) is 9.74. The summed E-state index contributed by atoms with van der Waals surface area (Å²) < 4.78 is 5.47. The predicted octanol–water partition coefficient (Wildman–Crippen LogP) is 3.10. The molecule has 0 aromatic carbocycles. The lowest BCUT2D eigenvalue weighted by Crippen LogP contribution is -2.42. The van der Waals surface area contributed by atoms with Crippen LogP contribution in [0.1, 0.15) is 59.3 Å². The third-order valence-corrected chi connectivity index (χ3v) is 5.32. The van der Waals surface area contributed by atoms with E-state index in [4.69, 9.17) is 4.74 Å². The van der Waals surface area contributed by atoms with Gasteiger partial charge in [-0.3, -0.25) is 0 Å². The lowest BCUT2D eigenvalue weighted by molar-refractivity contribution is 0.0179. The van der Waals surface area contributed by atoms with Crippen molar-refractivity contribution in [3.63, 3.8) is 0 Å². The Labute approximate surface area is 148 Å². The molecule has 0 radical (unpaired) electrons. The van der Waals surface area contributed by atoms with Crippen molar-refractivity contribution < 1.29 is 9.53 Å². The van der Waals surface area contributed by atoms with E-state index in [-0.39, 0.29) is 6.09 Å². The quantitative estimate of drug-likeness (QED) is 0.836. The number of hydrogen-bond donors (Lipinski definition) is 1. The number of nitrogens with zero attached hydrogens (tertiary/aromatic N) is 2. The average molecular weight is 340 g/mol. The van der Waals surface area contributed by atoms with Gasteiger partial charge in [0.05, 0.1) is 0 Å². The van der Waals surface area contributed by atoms with E-state index in [9.17, 15) is 4.79 Å². The number of piperidine rings is 2. The van der Waals surface area contributed by atoms with E-state index in [1.807, 2.05) is 25.7 Å². The number of hydrogen-bond acceptors (Lipinski definition) is 4. The molecule has 0 unspecified atom stereocenters. The fraction of sp³-hybridized carbons (Fsp3) is 0.947. The molecule has 5 nitrogen and oxygen atoms in total. The van der Waals surface area contributed by atoms with Crippen LogP contribution in [0, 0.1) is 5.92 Å². The number of ether oxygens (including phenoxy) is 1. The highest BCUT2D eigenvalue weighted by Crippen LogP contribution is 2.24. The van der Waals surface area contributed by atoms with Gasteiger partial charge in [-0.2, -0.15) is 0 Å². The minimum absolute atomic E-state index is 0.147. The molecule has 1 amide bonds. The number of carbonyl (C=O) groups is 1. The molecule has 0 spiro atoms. The number of likely N-dealkylation sites (tertiary alicyclic amines) is 1. The van der Waals surface area contributed by atoms with E-state index in [1.165, 1.54) is 32.2 Å². The first-order chi connectivity index (χ1) is 11.3. The van der Waals surface area contributed by atoms with Crippen molar-refractivity contribution in [3.05, 3.63) is 0 Å². The Hall–Kier alpha value is -0.810. The highest BCUT2D eigenvalue weighted by atomic mass is 16.6. The summed E-state index contributed by atoms with van der Waals surface area (Å²) in [6.45, 7) is 11.0. The fourth-order valence-corrected chi connectivity index (χ4v) is 3.79. The van der Waals surface area contributed by atoms with Crippen molar-refractivity contribution in [2.24, 2.45) is 5.92 Å². The van der Waals surface area contributed by atoms with E-state index in [1.54, 1.807) is 0 Å². The van der Waals surface area contributed by atoms with Gasteiger partial charge in [-0.25, -0.2) is 4.79 Å². The van der Waals surface area contributed by atoms with Crippen LogP contribution >= 0.6 is 0 Å². The molecule has 0 aromatic rings. The molecular formula is C19H37N3O2. The Morgan fingerprint density at radius 3 is 2.38 bits per heavy atom. The normalized spacial score (nSPS) is 21.3. The van der Waals surface area contributed by atoms with Gasteiger partial charge in [0.1, 0.15) is 5.60 Å². The summed E-state index contributed by atoms with van der Waals surface area (Å²) >= 11 is 0. The molecule has 2 saturated heterocycles. The van der Waals surface area contributed by atoms with E-state index in [0.717, 1.165) is 51.0 Å². The molecule has 0 bridgehead atoms. The van der Waals surface area contributed by atoms with Gasteiger partial charge in [-0.1, -0.05) is 0 Å². The monoisotopic (exact) mass is 339 g/mol. The standard InChI is InChI=1S/C19H37N3O2/c1-19(2,3)24-18(23)22-14-9-16(10-15-22)6-5-13-21(4)17-7-11-20-12-8-17/h16-17,20H,5-15H2,1-4H3. The molecule has 24 heavy (non-hydrogen) atoms. The second-order valence-electron chi connectivity index (χ2n) is 8.51. The minimum atomic E-state index is -0.396. The largest absolute Gasteiger partial charge is 0.444 e. The van der Waals surface area contributed by atoms with Gasteiger partial charge in [-0.15, -0.1) is 0 Å². The second-order valence-corrected chi connectivity index (χ2v) is 8.51. The Kier molecular flexibility index (Phi) is 7.35. The van der Waals surface area contributed by atoms with Crippen LogP contribution in [0.15, 0.2) is 0 Å². The minimum Gasteiger partial charge on any atom is -0.444 e. The Balaban J connectivity index is 1.60. The molecule has 1 N–H and O–H groups in total. The number of carbonyl (C=O) groups excluding carboxylic acids is 1. The van der Waals surface area contributed by atoms with Crippen LogP contribution in [0.4, 0.5) is 4.79 Å². The summed E-state index contributed by atoms with van der Waals surface area (Å²) in [5, 5.41) is 3.44. The van der Waals surface area contributed by atoms with E-state index < -0.39 is 5.60 Å². The van der Waals surface area contributed by atoms with Crippen LogP contribution in [0.2, 0.25) is 0 Å². The van der Waals surface area contributed by atoms with Crippen molar-refractivity contribution >= 4 is 6.09 Å². The van der Waals surface area contributed by atoms with Gasteiger partial charge in [0.15, 0.2) is 0 Å². The maximum Gasteiger partial charge on any atom is 0.410 e. The van der Waals surface area contributed by atoms with Gasteiger partial charge >= 0.3 is 6.09 Å². The lowest BCUT2D eigenvalue weighted by atomic mass is 9.92. The van der Waals surface area contributed by atoms with Crippen LogP contribution in [0.25, 0.3) is 0 Å². The van der Waals surface area contributed by atoms with Crippen LogP contribution < -0.4 is 5.32 Å². The van der Waals surface area contributed by atoms with Crippen LogP contribution in [0.3, 0.4) is 0 Å². The Bertz CT molecular complexity index is 381. The Morgan fingerprint density at radius 1 is 1.17 bits per heavy atom. The zero-order valence-corrected chi connectivity index (χ0v) is 16.1. The van der Waals surface area contributed by atoms with Crippen LogP contribution in [-0.4, -0.2) is 67.3 Å². The highest BCUT2D eigenvalue weighted by Gasteiger charge is 2.26. The number of rotatable bonds is 5. The lowest BCUT2D eigenvalue weighted by Gasteiger charge is -2.34. The molecule has 0 aromatic heterocycles. The van der Waals surface area contributed by atoms with Crippen molar-refractivity contribution in [2.45, 2.75) is 70.9 Å². The predicted molar refractivity (Wildman–Crippen MR) is 98.3 cm³/mol. The molecule has 0 aliphatic carbocycles. The molecular weight excluding hydrogens is 302 g/mol. The van der Waals surface area contributed by atoms with Crippen LogP contribution in [0.5, 0.6) is 0 Å². The molecule has 2 heterocycles. The van der Waals surface area contributed by atoms with Crippen LogP contribution in [-0.2, 0) is 4.74 Å². The summed E-state index contributed by atoms with van der Waals surface area (Å²) in [5.41, 5.74) is -0.396. The zero-order chi connectivity index (χ0) is 17.6. The summed E-state index contributed by atoms with van der Waals surface area (Å²) in [6.07, 6.45) is 7.23. The fourth-order valence-electron chi connectivity index (χ4n) is 3.79. The average Bonchev–Trinajstić information content (AvgIpc) is 2.54. The second kappa shape index (κ2) is 9.04.